The minimum atomic E-state index is 0.434. The molecule has 0 spiro atoms. The molecule has 0 amide bonds. The number of hydrogen-bond acceptors (Lipinski definition) is 5. The number of piperazine rings is 1. The Balaban J connectivity index is 1.66. The van der Waals surface area contributed by atoms with Crippen molar-refractivity contribution in [3.63, 3.8) is 0 Å². The van der Waals surface area contributed by atoms with E-state index in [1.165, 1.54) is 0 Å². The molecule has 5 nitrogen and oxygen atoms in total. The maximum Gasteiger partial charge on any atom is 0.249 e. The van der Waals surface area contributed by atoms with Gasteiger partial charge in [0.15, 0.2) is 0 Å². The van der Waals surface area contributed by atoms with Crippen LogP contribution in [-0.4, -0.2) is 52.7 Å². The second kappa shape index (κ2) is 6.96. The highest BCUT2D eigenvalue weighted by Gasteiger charge is 2.19. The minimum Gasteiger partial charge on any atom is -0.419 e. The molecule has 1 aromatic carbocycles. The molecule has 3 rings (SSSR count). The van der Waals surface area contributed by atoms with Gasteiger partial charge in [-0.2, -0.15) is 0 Å². The molecular weight excluding hydrogens is 323 g/mol. The first-order valence-electron chi connectivity index (χ1n) is 7.38. The molecule has 1 aliphatic heterocycles. The van der Waals surface area contributed by atoms with E-state index in [2.05, 4.69) is 26.9 Å². The normalized spacial score (nSPS) is 17.0. The molecule has 0 N–H and O–H groups in total. The molecule has 2 aromatic rings. The van der Waals surface area contributed by atoms with Crippen LogP contribution in [0.2, 0.25) is 10.0 Å². The lowest BCUT2D eigenvalue weighted by molar-refractivity contribution is 0.124. The summed E-state index contributed by atoms with van der Waals surface area (Å²) in [6.45, 7) is 8.18. The monoisotopic (exact) mass is 340 g/mol. The van der Waals surface area contributed by atoms with Crippen LogP contribution in [0.1, 0.15) is 12.8 Å². The van der Waals surface area contributed by atoms with Gasteiger partial charge in [-0.1, -0.05) is 30.1 Å². The summed E-state index contributed by atoms with van der Waals surface area (Å²) in [5.41, 5.74) is 0.709. The number of rotatable bonds is 4. The van der Waals surface area contributed by atoms with Gasteiger partial charge >= 0.3 is 0 Å². The van der Waals surface area contributed by atoms with Crippen molar-refractivity contribution < 1.29 is 4.42 Å². The summed E-state index contributed by atoms with van der Waals surface area (Å²) in [6, 6.07) is 5.23. The molecule has 2 heterocycles. The Kier molecular flexibility index (Phi) is 4.98. The van der Waals surface area contributed by atoms with Crippen molar-refractivity contribution in [2.75, 3.05) is 32.7 Å². The van der Waals surface area contributed by atoms with Gasteiger partial charge in [-0.05, 0) is 24.7 Å². The number of benzene rings is 1. The van der Waals surface area contributed by atoms with Gasteiger partial charge in [-0.3, -0.25) is 4.90 Å². The van der Waals surface area contributed by atoms with E-state index in [4.69, 9.17) is 27.6 Å². The van der Waals surface area contributed by atoms with Gasteiger partial charge in [-0.15, -0.1) is 10.2 Å². The van der Waals surface area contributed by atoms with Gasteiger partial charge < -0.3 is 9.32 Å². The number of aromatic nitrogens is 2. The Morgan fingerprint density at radius 1 is 1.09 bits per heavy atom. The first-order chi connectivity index (χ1) is 10.7. The van der Waals surface area contributed by atoms with E-state index in [-0.39, 0.29) is 0 Å². The van der Waals surface area contributed by atoms with Gasteiger partial charge in [0.2, 0.25) is 11.8 Å². The third-order valence-corrected chi connectivity index (χ3v) is 4.45. The molecule has 0 bridgehead atoms. The maximum absolute atomic E-state index is 6.17. The standard InChI is InChI=1S/C15H18Cl2N4O/c1-2-20-5-7-21(8-6-20)10-14-18-19-15(22-14)12-4-3-11(16)9-13(12)17/h3-4,9H,2,5-8,10H2,1H3. The Bertz CT molecular complexity index is 638. The topological polar surface area (TPSA) is 45.4 Å². The van der Waals surface area contributed by atoms with Crippen LogP contribution in [-0.2, 0) is 6.54 Å². The second-order valence-corrected chi connectivity index (χ2v) is 6.18. The molecule has 0 saturated carbocycles. The summed E-state index contributed by atoms with van der Waals surface area (Å²) >= 11 is 12.1. The summed E-state index contributed by atoms with van der Waals surface area (Å²) in [5.74, 6) is 1.05. The third kappa shape index (κ3) is 3.60. The van der Waals surface area contributed by atoms with Crippen LogP contribution in [0.4, 0.5) is 0 Å². The molecule has 1 fully saturated rings. The lowest BCUT2D eigenvalue weighted by Gasteiger charge is -2.33. The zero-order valence-electron chi connectivity index (χ0n) is 12.4. The number of hydrogen-bond donors (Lipinski definition) is 0. The fourth-order valence-corrected chi connectivity index (χ4v) is 3.03. The predicted octanol–water partition coefficient (Wildman–Crippen LogP) is 3.18. The molecule has 1 aliphatic rings. The van der Waals surface area contributed by atoms with Crippen LogP contribution in [0.15, 0.2) is 22.6 Å². The van der Waals surface area contributed by atoms with Crippen molar-refractivity contribution in [2.24, 2.45) is 0 Å². The molecule has 0 atom stereocenters. The zero-order chi connectivity index (χ0) is 15.5. The fraction of sp³-hybridized carbons (Fsp3) is 0.467. The Morgan fingerprint density at radius 2 is 1.82 bits per heavy atom. The van der Waals surface area contributed by atoms with Gasteiger partial charge in [0.1, 0.15) is 0 Å². The Labute approximate surface area is 139 Å². The molecular formula is C15H18Cl2N4O. The van der Waals surface area contributed by atoms with Crippen LogP contribution in [0.25, 0.3) is 11.5 Å². The largest absolute Gasteiger partial charge is 0.419 e. The molecule has 118 valence electrons. The fourth-order valence-electron chi connectivity index (χ4n) is 2.54. The van der Waals surface area contributed by atoms with Gasteiger partial charge in [0.25, 0.3) is 0 Å². The van der Waals surface area contributed by atoms with Crippen LogP contribution in [0, 0.1) is 0 Å². The van der Waals surface area contributed by atoms with E-state index in [0.717, 1.165) is 32.7 Å². The van der Waals surface area contributed by atoms with E-state index in [9.17, 15) is 0 Å². The first-order valence-corrected chi connectivity index (χ1v) is 8.14. The summed E-state index contributed by atoms with van der Waals surface area (Å²) in [6.07, 6.45) is 0. The van der Waals surface area contributed by atoms with Gasteiger partial charge in [-0.25, -0.2) is 0 Å². The van der Waals surface area contributed by atoms with E-state index in [1.54, 1.807) is 18.2 Å². The van der Waals surface area contributed by atoms with E-state index in [0.29, 0.717) is 33.9 Å². The summed E-state index contributed by atoms with van der Waals surface area (Å²) in [4.78, 5) is 4.76. The van der Waals surface area contributed by atoms with Crippen LogP contribution < -0.4 is 0 Å². The zero-order valence-corrected chi connectivity index (χ0v) is 13.9. The van der Waals surface area contributed by atoms with Crippen molar-refractivity contribution in [1.82, 2.24) is 20.0 Å². The highest BCUT2D eigenvalue weighted by Crippen LogP contribution is 2.29. The highest BCUT2D eigenvalue weighted by molar-refractivity contribution is 6.36. The lowest BCUT2D eigenvalue weighted by Crippen LogP contribution is -2.45. The second-order valence-electron chi connectivity index (χ2n) is 5.34. The number of nitrogens with zero attached hydrogens (tertiary/aromatic N) is 4. The summed E-state index contributed by atoms with van der Waals surface area (Å²) in [5, 5.41) is 9.32. The van der Waals surface area contributed by atoms with Crippen molar-refractivity contribution in [3.05, 3.63) is 34.1 Å². The number of halogens is 2. The third-order valence-electron chi connectivity index (χ3n) is 3.90. The van der Waals surface area contributed by atoms with Gasteiger partial charge in [0.05, 0.1) is 17.1 Å². The molecule has 22 heavy (non-hydrogen) atoms. The molecule has 0 unspecified atom stereocenters. The first kappa shape index (κ1) is 15.7. The molecule has 1 aromatic heterocycles. The average Bonchev–Trinajstić information content (AvgIpc) is 2.96. The van der Waals surface area contributed by atoms with Crippen molar-refractivity contribution >= 4 is 23.2 Å². The Hall–Kier alpha value is -1.14. The van der Waals surface area contributed by atoms with E-state index in [1.807, 2.05) is 0 Å². The molecule has 0 aliphatic carbocycles. The van der Waals surface area contributed by atoms with E-state index < -0.39 is 0 Å². The van der Waals surface area contributed by atoms with E-state index >= 15 is 0 Å². The smallest absolute Gasteiger partial charge is 0.249 e. The lowest BCUT2D eigenvalue weighted by atomic mass is 10.2. The van der Waals surface area contributed by atoms with Crippen LogP contribution >= 0.6 is 23.2 Å². The van der Waals surface area contributed by atoms with Gasteiger partial charge in [0, 0.05) is 31.2 Å². The summed E-state index contributed by atoms with van der Waals surface area (Å²) < 4.78 is 5.74. The highest BCUT2D eigenvalue weighted by atomic mass is 35.5. The Morgan fingerprint density at radius 3 is 2.50 bits per heavy atom. The van der Waals surface area contributed by atoms with Crippen molar-refractivity contribution in [3.8, 4) is 11.5 Å². The van der Waals surface area contributed by atoms with Crippen LogP contribution in [0.5, 0.6) is 0 Å². The van der Waals surface area contributed by atoms with Crippen LogP contribution in [0.3, 0.4) is 0 Å². The van der Waals surface area contributed by atoms with Crippen molar-refractivity contribution in [2.45, 2.75) is 13.5 Å². The molecule has 7 heteroatoms. The number of likely N-dealkylation sites (N-methyl/N-ethyl adjacent to an activating group) is 1. The SMILES string of the molecule is CCN1CCN(Cc2nnc(-c3ccc(Cl)cc3Cl)o2)CC1. The average molecular weight is 341 g/mol. The predicted molar refractivity (Wildman–Crippen MR) is 87.1 cm³/mol. The molecule has 0 radical (unpaired) electrons. The van der Waals surface area contributed by atoms with Crippen molar-refractivity contribution in [1.29, 1.82) is 0 Å². The molecule has 1 saturated heterocycles. The minimum absolute atomic E-state index is 0.434. The maximum atomic E-state index is 6.17. The quantitative estimate of drug-likeness (QED) is 0.855. The summed E-state index contributed by atoms with van der Waals surface area (Å²) in [7, 11) is 0.